The molecule has 3 rings (SSSR count). The summed E-state index contributed by atoms with van der Waals surface area (Å²) < 4.78 is 3.67. The summed E-state index contributed by atoms with van der Waals surface area (Å²) in [5.74, 6) is -0.146. The zero-order valence-corrected chi connectivity index (χ0v) is 11.3. The quantitative estimate of drug-likeness (QED) is 0.866. The first-order valence-electron chi connectivity index (χ1n) is 6.74. The first-order chi connectivity index (χ1) is 9.66. The number of carbonyl (C=O) groups is 1. The van der Waals surface area contributed by atoms with Crippen LogP contribution in [0.2, 0.25) is 0 Å². The van der Waals surface area contributed by atoms with Crippen molar-refractivity contribution in [3.05, 3.63) is 42.7 Å². The third kappa shape index (κ3) is 2.22. The fraction of sp³-hybridized carbons (Fsp3) is 0.429. The van der Waals surface area contributed by atoms with Gasteiger partial charge in [-0.15, -0.1) is 0 Å². The maximum absolute atomic E-state index is 12.2. The lowest BCUT2D eigenvalue weighted by Crippen LogP contribution is -2.42. The zero-order valence-electron chi connectivity index (χ0n) is 11.3. The van der Waals surface area contributed by atoms with E-state index in [1.54, 1.807) is 23.2 Å². The summed E-state index contributed by atoms with van der Waals surface area (Å²) in [6.07, 6.45) is 8.07. The average Bonchev–Trinajstić information content (AvgIpc) is 3.12. The third-order valence-corrected chi connectivity index (χ3v) is 3.98. The number of aliphatic hydroxyl groups is 1. The minimum absolute atomic E-state index is 0.0174. The van der Waals surface area contributed by atoms with Gasteiger partial charge in [0.15, 0.2) is 0 Å². The molecule has 0 saturated heterocycles. The lowest BCUT2D eigenvalue weighted by atomic mass is 10.1. The van der Waals surface area contributed by atoms with E-state index in [2.05, 4.69) is 10.3 Å². The van der Waals surface area contributed by atoms with E-state index in [0.717, 1.165) is 12.8 Å². The molecule has 20 heavy (non-hydrogen) atoms. The minimum Gasteiger partial charge on any atom is -0.389 e. The van der Waals surface area contributed by atoms with E-state index in [0.29, 0.717) is 5.69 Å². The van der Waals surface area contributed by atoms with Gasteiger partial charge in [-0.25, -0.2) is 4.98 Å². The number of aryl methyl sites for hydroxylation is 1. The maximum atomic E-state index is 12.2. The van der Waals surface area contributed by atoms with Crippen LogP contribution in [0, 0.1) is 0 Å². The Morgan fingerprint density at radius 3 is 2.95 bits per heavy atom. The summed E-state index contributed by atoms with van der Waals surface area (Å²) in [6, 6.07) is 3.36. The second-order valence-electron chi connectivity index (χ2n) is 5.23. The molecule has 1 saturated carbocycles. The molecular weight excluding hydrogens is 256 g/mol. The highest BCUT2D eigenvalue weighted by Crippen LogP contribution is 2.30. The van der Waals surface area contributed by atoms with Gasteiger partial charge in [0.2, 0.25) is 0 Å². The molecule has 6 heteroatoms. The van der Waals surface area contributed by atoms with Crippen LogP contribution in [0.25, 0.3) is 0 Å². The van der Waals surface area contributed by atoms with Crippen LogP contribution in [-0.2, 0) is 7.05 Å². The van der Waals surface area contributed by atoms with Crippen molar-refractivity contribution in [2.45, 2.75) is 31.0 Å². The van der Waals surface area contributed by atoms with Gasteiger partial charge in [-0.2, -0.15) is 0 Å². The normalized spacial score (nSPS) is 25.8. The van der Waals surface area contributed by atoms with Crippen LogP contribution < -0.4 is 5.32 Å². The molecule has 2 aromatic rings. The fourth-order valence-electron chi connectivity index (χ4n) is 2.85. The van der Waals surface area contributed by atoms with Crippen LogP contribution in [0.5, 0.6) is 0 Å². The molecule has 1 aliphatic carbocycles. The van der Waals surface area contributed by atoms with Crippen molar-refractivity contribution in [1.29, 1.82) is 0 Å². The molecule has 0 radical (unpaired) electrons. The third-order valence-electron chi connectivity index (χ3n) is 3.98. The molecule has 0 unspecified atom stereocenters. The van der Waals surface area contributed by atoms with Gasteiger partial charge in [-0.3, -0.25) is 4.79 Å². The maximum Gasteiger partial charge on any atom is 0.268 e. The van der Waals surface area contributed by atoms with Gasteiger partial charge >= 0.3 is 0 Å². The molecule has 1 aliphatic rings. The number of nitrogens with zero attached hydrogens (tertiary/aromatic N) is 3. The molecule has 3 atom stereocenters. The fourth-order valence-corrected chi connectivity index (χ4v) is 2.85. The van der Waals surface area contributed by atoms with Crippen molar-refractivity contribution < 1.29 is 9.90 Å². The van der Waals surface area contributed by atoms with E-state index in [1.807, 2.05) is 30.1 Å². The van der Waals surface area contributed by atoms with E-state index in [1.165, 1.54) is 0 Å². The molecule has 0 aliphatic heterocycles. The molecular formula is C14H18N4O2. The van der Waals surface area contributed by atoms with Crippen molar-refractivity contribution in [1.82, 2.24) is 19.4 Å². The number of amides is 1. The second-order valence-corrected chi connectivity index (χ2v) is 5.23. The number of hydrogen-bond acceptors (Lipinski definition) is 3. The molecule has 2 aromatic heterocycles. The molecule has 6 nitrogen and oxygen atoms in total. The lowest BCUT2D eigenvalue weighted by molar-refractivity contribution is 0.0807. The molecule has 0 aromatic carbocycles. The number of aliphatic hydroxyl groups excluding tert-OH is 1. The number of hydrogen-bond donors (Lipinski definition) is 2. The van der Waals surface area contributed by atoms with Crippen molar-refractivity contribution in [3.8, 4) is 0 Å². The van der Waals surface area contributed by atoms with E-state index in [-0.39, 0.29) is 18.0 Å². The summed E-state index contributed by atoms with van der Waals surface area (Å²) in [5.41, 5.74) is 0.600. The first-order valence-corrected chi connectivity index (χ1v) is 6.74. The van der Waals surface area contributed by atoms with Crippen LogP contribution in [0.3, 0.4) is 0 Å². The van der Waals surface area contributed by atoms with Crippen LogP contribution in [0.15, 0.2) is 37.1 Å². The highest BCUT2D eigenvalue weighted by Gasteiger charge is 2.36. The summed E-state index contributed by atoms with van der Waals surface area (Å²) in [4.78, 5) is 16.2. The summed E-state index contributed by atoms with van der Waals surface area (Å²) in [5, 5.41) is 13.3. The standard InChI is InChI=1S/C14H18N4O2/c1-17-7-2-3-12(17)14(20)16-10-4-5-11(13(10)19)18-8-6-15-9-18/h2-3,6-11,13,19H,4-5H2,1H3,(H,16,20)/t10-,11-,13-/m1/s1. The minimum atomic E-state index is -0.589. The smallest absolute Gasteiger partial charge is 0.268 e. The van der Waals surface area contributed by atoms with E-state index >= 15 is 0 Å². The molecule has 1 fully saturated rings. The Morgan fingerprint density at radius 2 is 2.30 bits per heavy atom. The van der Waals surface area contributed by atoms with Crippen molar-refractivity contribution in [3.63, 3.8) is 0 Å². The van der Waals surface area contributed by atoms with Gasteiger partial charge in [0, 0.05) is 25.6 Å². The number of imidazole rings is 1. The number of rotatable bonds is 3. The Morgan fingerprint density at radius 1 is 1.45 bits per heavy atom. The van der Waals surface area contributed by atoms with Gasteiger partial charge in [0.1, 0.15) is 5.69 Å². The lowest BCUT2D eigenvalue weighted by Gasteiger charge is -2.21. The summed E-state index contributed by atoms with van der Waals surface area (Å²) in [6.45, 7) is 0. The molecule has 1 amide bonds. The van der Waals surface area contributed by atoms with Crippen LogP contribution in [0.4, 0.5) is 0 Å². The molecule has 106 valence electrons. The van der Waals surface area contributed by atoms with Crippen LogP contribution >= 0.6 is 0 Å². The molecule has 0 bridgehead atoms. The number of nitrogens with one attached hydrogen (secondary N) is 1. The SMILES string of the molecule is Cn1cccc1C(=O)N[C@@H]1CC[C@@H](n2ccnc2)[C@@H]1O. The summed E-state index contributed by atoms with van der Waals surface area (Å²) >= 11 is 0. The van der Waals surface area contributed by atoms with Gasteiger partial charge in [-0.1, -0.05) is 0 Å². The molecule has 2 heterocycles. The topological polar surface area (TPSA) is 72.1 Å². The number of aromatic nitrogens is 3. The van der Waals surface area contributed by atoms with Gasteiger partial charge in [0.05, 0.1) is 24.5 Å². The van der Waals surface area contributed by atoms with Gasteiger partial charge < -0.3 is 19.6 Å². The Balaban J connectivity index is 1.68. The first kappa shape index (κ1) is 12.9. The largest absolute Gasteiger partial charge is 0.389 e. The van der Waals surface area contributed by atoms with E-state index in [4.69, 9.17) is 0 Å². The Hall–Kier alpha value is -2.08. The monoisotopic (exact) mass is 274 g/mol. The van der Waals surface area contributed by atoms with Crippen molar-refractivity contribution >= 4 is 5.91 Å². The second kappa shape index (κ2) is 5.13. The van der Waals surface area contributed by atoms with E-state index in [9.17, 15) is 9.90 Å². The predicted molar refractivity (Wildman–Crippen MR) is 73.2 cm³/mol. The van der Waals surface area contributed by atoms with Gasteiger partial charge in [0.25, 0.3) is 5.91 Å². The highest BCUT2D eigenvalue weighted by molar-refractivity contribution is 5.92. The molecule has 2 N–H and O–H groups in total. The van der Waals surface area contributed by atoms with Gasteiger partial charge in [-0.05, 0) is 25.0 Å². The zero-order chi connectivity index (χ0) is 14.1. The van der Waals surface area contributed by atoms with Crippen molar-refractivity contribution in [2.24, 2.45) is 7.05 Å². The Kier molecular flexibility index (Phi) is 3.31. The molecule has 0 spiro atoms. The number of carbonyl (C=O) groups excluding carboxylic acids is 1. The average molecular weight is 274 g/mol. The van der Waals surface area contributed by atoms with Crippen molar-refractivity contribution in [2.75, 3.05) is 0 Å². The Bertz CT molecular complexity index is 590. The van der Waals surface area contributed by atoms with Crippen LogP contribution in [-0.4, -0.2) is 37.3 Å². The summed E-state index contributed by atoms with van der Waals surface area (Å²) in [7, 11) is 1.83. The highest BCUT2D eigenvalue weighted by atomic mass is 16.3. The predicted octanol–water partition coefficient (Wildman–Crippen LogP) is 0.716. The van der Waals surface area contributed by atoms with Crippen LogP contribution in [0.1, 0.15) is 29.4 Å². The van der Waals surface area contributed by atoms with E-state index < -0.39 is 6.10 Å². The Labute approximate surface area is 117 Å².